The number of aliphatic imine (C=N–C) groups is 2. The van der Waals surface area contributed by atoms with Crippen LogP contribution in [-0.2, 0) is 12.4 Å². The van der Waals surface area contributed by atoms with Crippen molar-refractivity contribution in [2.45, 2.75) is 12.4 Å². The monoisotopic (exact) mass is 504 g/mol. The number of aromatic nitrogens is 2. The van der Waals surface area contributed by atoms with Gasteiger partial charge in [-0.2, -0.15) is 26.3 Å². The lowest BCUT2D eigenvalue weighted by molar-refractivity contribution is -0.138. The fraction of sp³-hybridized carbons (Fsp3) is 0.250. The van der Waals surface area contributed by atoms with Crippen molar-refractivity contribution in [3.05, 3.63) is 83.2 Å². The summed E-state index contributed by atoms with van der Waals surface area (Å²) in [6, 6.07) is 11.9. The van der Waals surface area contributed by atoms with Gasteiger partial charge in [0.2, 0.25) is 0 Å². The van der Waals surface area contributed by atoms with Crippen molar-refractivity contribution in [3.8, 4) is 0 Å². The van der Waals surface area contributed by atoms with E-state index < -0.39 is 23.5 Å². The lowest BCUT2D eigenvalue weighted by atomic mass is 10.1. The van der Waals surface area contributed by atoms with Crippen LogP contribution in [0.5, 0.6) is 0 Å². The lowest BCUT2D eigenvalue weighted by Crippen LogP contribution is -2.30. The molecule has 0 aliphatic carbocycles. The highest BCUT2D eigenvalue weighted by molar-refractivity contribution is 6.13. The molecule has 2 aliphatic heterocycles. The van der Waals surface area contributed by atoms with Crippen molar-refractivity contribution in [3.63, 3.8) is 0 Å². The first-order valence-corrected chi connectivity index (χ1v) is 10.9. The zero-order valence-electron chi connectivity index (χ0n) is 18.6. The van der Waals surface area contributed by atoms with E-state index in [1.807, 2.05) is 24.3 Å². The highest BCUT2D eigenvalue weighted by Gasteiger charge is 2.32. The van der Waals surface area contributed by atoms with E-state index in [-0.39, 0.29) is 0 Å². The molecule has 0 radical (unpaired) electrons. The predicted molar refractivity (Wildman–Crippen MR) is 122 cm³/mol. The first-order valence-electron chi connectivity index (χ1n) is 10.9. The second-order valence-corrected chi connectivity index (χ2v) is 8.10. The molecule has 186 valence electrons. The highest BCUT2D eigenvalue weighted by Crippen LogP contribution is 2.31. The largest absolute Gasteiger partial charge is 0.417 e. The van der Waals surface area contributed by atoms with Gasteiger partial charge >= 0.3 is 12.4 Å². The quantitative estimate of drug-likeness (QED) is 0.467. The van der Waals surface area contributed by atoms with Crippen molar-refractivity contribution >= 4 is 23.3 Å². The molecule has 0 saturated carbocycles. The molecule has 3 aromatic rings. The zero-order valence-corrected chi connectivity index (χ0v) is 18.6. The number of amidine groups is 2. The lowest BCUT2D eigenvalue weighted by Gasteiger charge is -2.21. The summed E-state index contributed by atoms with van der Waals surface area (Å²) in [5.41, 5.74) is -0.151. The number of halogens is 6. The van der Waals surface area contributed by atoms with Gasteiger partial charge < -0.3 is 9.80 Å². The van der Waals surface area contributed by atoms with Crippen molar-refractivity contribution in [1.29, 1.82) is 0 Å². The molecule has 2 aliphatic rings. The van der Waals surface area contributed by atoms with Gasteiger partial charge in [-0.15, -0.1) is 0 Å². The molecule has 5 rings (SSSR count). The van der Waals surface area contributed by atoms with E-state index in [4.69, 9.17) is 0 Å². The summed E-state index contributed by atoms with van der Waals surface area (Å²) in [7, 11) is 0. The molecule has 36 heavy (non-hydrogen) atoms. The van der Waals surface area contributed by atoms with Gasteiger partial charge in [-0.25, -0.2) is 9.97 Å². The highest BCUT2D eigenvalue weighted by atomic mass is 19.4. The summed E-state index contributed by atoms with van der Waals surface area (Å²) in [5.74, 6) is 1.90. The Morgan fingerprint density at radius 3 is 1.25 bits per heavy atom. The second-order valence-electron chi connectivity index (χ2n) is 8.10. The van der Waals surface area contributed by atoms with Crippen molar-refractivity contribution in [2.75, 3.05) is 36.0 Å². The van der Waals surface area contributed by atoms with Crippen molar-refractivity contribution in [2.24, 2.45) is 9.98 Å². The molecule has 0 atom stereocenters. The molecular weight excluding hydrogens is 486 g/mol. The Balaban J connectivity index is 1.34. The summed E-state index contributed by atoms with van der Waals surface area (Å²) in [4.78, 5) is 20.4. The first kappa shape index (κ1) is 23.8. The standard InChI is InChI=1S/C24H18F6N6/c25-23(26,27)17-5-7-19(33-13-17)35-11-9-31-21(35)15-1-2-16(4-3-15)22-32-10-12-36(22)20-8-6-18(14-34-20)24(28,29)30/h1-8,13-14H,9-12H2. The van der Waals surface area contributed by atoms with Crippen LogP contribution in [0.15, 0.2) is 70.9 Å². The number of pyridine rings is 2. The SMILES string of the molecule is FC(F)(F)c1ccc(N2CCN=C2c2ccc(C3=NCCN3c3ccc(C(F)(F)F)cn3)cc2)nc1. The average molecular weight is 504 g/mol. The minimum Gasteiger partial charge on any atom is -0.309 e. The number of hydrogen-bond donors (Lipinski definition) is 0. The minimum atomic E-state index is -4.46. The van der Waals surface area contributed by atoms with E-state index in [1.54, 1.807) is 9.80 Å². The summed E-state index contributed by atoms with van der Waals surface area (Å²) >= 11 is 0. The van der Waals surface area contributed by atoms with Crippen LogP contribution in [0.3, 0.4) is 0 Å². The third kappa shape index (κ3) is 4.62. The molecule has 0 amide bonds. The Morgan fingerprint density at radius 1 is 0.556 bits per heavy atom. The summed E-state index contributed by atoms with van der Waals surface area (Å²) in [5, 5.41) is 0. The molecule has 1 aromatic carbocycles. The van der Waals surface area contributed by atoms with Crippen LogP contribution in [0.4, 0.5) is 38.0 Å². The van der Waals surface area contributed by atoms with E-state index in [0.717, 1.165) is 35.7 Å². The smallest absolute Gasteiger partial charge is 0.309 e. The summed E-state index contributed by atoms with van der Waals surface area (Å²) < 4.78 is 77.2. The summed E-state index contributed by atoms with van der Waals surface area (Å²) in [6.07, 6.45) is -7.32. The van der Waals surface area contributed by atoms with Crippen LogP contribution in [0.2, 0.25) is 0 Å². The third-order valence-corrected chi connectivity index (χ3v) is 5.79. The Morgan fingerprint density at radius 2 is 0.944 bits per heavy atom. The molecule has 0 N–H and O–H groups in total. The fourth-order valence-corrected chi connectivity index (χ4v) is 4.03. The number of hydrogen-bond acceptors (Lipinski definition) is 6. The number of nitrogens with zero attached hydrogens (tertiary/aromatic N) is 6. The Labute approximate surface area is 201 Å². The average Bonchev–Trinajstić information content (AvgIpc) is 3.54. The van der Waals surface area contributed by atoms with E-state index in [2.05, 4.69) is 20.0 Å². The maximum atomic E-state index is 12.9. The maximum absolute atomic E-state index is 12.9. The van der Waals surface area contributed by atoms with E-state index in [9.17, 15) is 26.3 Å². The zero-order chi connectivity index (χ0) is 25.5. The molecule has 0 saturated heterocycles. The summed E-state index contributed by atoms with van der Waals surface area (Å²) in [6.45, 7) is 1.91. The number of anilines is 2. The van der Waals surface area contributed by atoms with Gasteiger partial charge in [0.15, 0.2) is 0 Å². The van der Waals surface area contributed by atoms with Crippen LogP contribution >= 0.6 is 0 Å². The molecule has 6 nitrogen and oxygen atoms in total. The van der Waals surface area contributed by atoms with Gasteiger partial charge in [-0.1, -0.05) is 24.3 Å². The molecule has 0 unspecified atom stereocenters. The first-order chi connectivity index (χ1) is 17.1. The molecular formula is C24H18F6N6. The number of benzene rings is 1. The van der Waals surface area contributed by atoms with Gasteiger partial charge in [-0.05, 0) is 24.3 Å². The Bertz CT molecular complexity index is 1190. The van der Waals surface area contributed by atoms with Gasteiger partial charge in [0, 0.05) is 36.6 Å². The van der Waals surface area contributed by atoms with E-state index >= 15 is 0 Å². The van der Waals surface area contributed by atoms with Crippen molar-refractivity contribution < 1.29 is 26.3 Å². The van der Waals surface area contributed by atoms with Crippen LogP contribution in [0, 0.1) is 0 Å². The normalized spacial score (nSPS) is 16.4. The van der Waals surface area contributed by atoms with Crippen LogP contribution in [0.25, 0.3) is 0 Å². The Kier molecular flexibility index (Phi) is 5.89. The maximum Gasteiger partial charge on any atom is 0.417 e. The molecule has 4 heterocycles. The van der Waals surface area contributed by atoms with Crippen LogP contribution in [0.1, 0.15) is 22.3 Å². The van der Waals surface area contributed by atoms with Gasteiger partial charge in [0.1, 0.15) is 23.3 Å². The van der Waals surface area contributed by atoms with E-state index in [0.29, 0.717) is 49.5 Å². The third-order valence-electron chi connectivity index (χ3n) is 5.79. The van der Waals surface area contributed by atoms with Gasteiger partial charge in [0.05, 0.1) is 24.2 Å². The number of rotatable bonds is 4. The molecule has 0 bridgehead atoms. The molecule has 2 aromatic heterocycles. The predicted octanol–water partition coefficient (Wildman–Crippen LogP) is 5.05. The van der Waals surface area contributed by atoms with Crippen LogP contribution in [-0.4, -0.2) is 47.8 Å². The van der Waals surface area contributed by atoms with Crippen LogP contribution < -0.4 is 9.80 Å². The number of alkyl halides is 6. The molecule has 12 heteroatoms. The second kappa shape index (κ2) is 8.92. The van der Waals surface area contributed by atoms with Gasteiger partial charge in [-0.3, -0.25) is 9.98 Å². The molecule has 0 spiro atoms. The van der Waals surface area contributed by atoms with Crippen molar-refractivity contribution in [1.82, 2.24) is 9.97 Å². The topological polar surface area (TPSA) is 57.0 Å². The minimum absolute atomic E-state index is 0.364. The molecule has 0 fully saturated rings. The Hall–Kier alpha value is -3.96. The van der Waals surface area contributed by atoms with E-state index in [1.165, 1.54) is 12.1 Å². The van der Waals surface area contributed by atoms with Gasteiger partial charge in [0.25, 0.3) is 0 Å². The fourth-order valence-electron chi connectivity index (χ4n) is 4.03.